The van der Waals surface area contributed by atoms with Gasteiger partial charge in [0.1, 0.15) is 6.61 Å². The van der Waals surface area contributed by atoms with Crippen LogP contribution in [0.1, 0.15) is 29.2 Å². The Kier molecular flexibility index (Phi) is 4.67. The molecule has 0 spiro atoms. The molecule has 0 bridgehead atoms. The highest BCUT2D eigenvalue weighted by atomic mass is 32.2. The third-order valence-electron chi connectivity index (χ3n) is 5.39. The van der Waals surface area contributed by atoms with Gasteiger partial charge in [0.2, 0.25) is 0 Å². The number of benzene rings is 3. The standard InChI is InChI=1S/C23H21N3O3S/c27-30(28,19-7-2-1-3-8-19)26-18-11-13-21-17(14-18)15-29-23(24-21)25-22-12-10-16-6-4-5-9-20(16)22/h1-9,11,13-14,22,26H,10,12,15H2,(H,24,25). The Bertz CT molecular complexity index is 1220. The number of aryl methyl sites for hydroxylation is 1. The highest BCUT2D eigenvalue weighted by Gasteiger charge is 2.24. The molecule has 0 saturated heterocycles. The first-order valence-electron chi connectivity index (χ1n) is 9.85. The van der Waals surface area contributed by atoms with Gasteiger partial charge in [0.25, 0.3) is 16.0 Å². The molecule has 5 rings (SSSR count). The van der Waals surface area contributed by atoms with Gasteiger partial charge in [-0.2, -0.15) is 0 Å². The van der Waals surface area contributed by atoms with E-state index in [1.54, 1.807) is 42.5 Å². The summed E-state index contributed by atoms with van der Waals surface area (Å²) in [6.45, 7) is 0.330. The molecule has 0 radical (unpaired) electrons. The summed E-state index contributed by atoms with van der Waals surface area (Å²) in [4.78, 5) is 4.99. The van der Waals surface area contributed by atoms with Crippen LogP contribution in [0.2, 0.25) is 0 Å². The first-order valence-corrected chi connectivity index (χ1v) is 11.3. The number of fused-ring (bicyclic) bond motifs is 2. The van der Waals surface area contributed by atoms with E-state index in [4.69, 9.17) is 9.73 Å². The maximum Gasteiger partial charge on any atom is 0.290 e. The van der Waals surface area contributed by atoms with Gasteiger partial charge in [0.15, 0.2) is 0 Å². The van der Waals surface area contributed by atoms with E-state index < -0.39 is 10.0 Å². The number of hydrogen-bond acceptors (Lipinski definition) is 4. The first kappa shape index (κ1) is 18.7. The molecule has 0 fully saturated rings. The number of amidine groups is 1. The highest BCUT2D eigenvalue weighted by molar-refractivity contribution is 7.92. The average molecular weight is 420 g/mol. The van der Waals surface area contributed by atoms with Crippen molar-refractivity contribution >= 4 is 27.4 Å². The van der Waals surface area contributed by atoms with Crippen LogP contribution in [-0.4, -0.2) is 14.4 Å². The van der Waals surface area contributed by atoms with Crippen LogP contribution >= 0.6 is 0 Å². The van der Waals surface area contributed by atoms with Gasteiger partial charge >= 0.3 is 0 Å². The molecule has 0 amide bonds. The Balaban J connectivity index is 1.33. The largest absolute Gasteiger partial charge is 0.460 e. The zero-order valence-electron chi connectivity index (χ0n) is 16.2. The van der Waals surface area contributed by atoms with Gasteiger partial charge in [-0.1, -0.05) is 42.5 Å². The van der Waals surface area contributed by atoms with E-state index in [1.807, 2.05) is 12.1 Å². The van der Waals surface area contributed by atoms with Crippen molar-refractivity contribution in [3.63, 3.8) is 0 Å². The normalized spacial score (nSPS) is 18.8. The summed E-state index contributed by atoms with van der Waals surface area (Å²) in [7, 11) is -3.63. The van der Waals surface area contributed by atoms with Gasteiger partial charge in [-0.15, -0.1) is 0 Å². The van der Waals surface area contributed by atoms with E-state index in [1.165, 1.54) is 11.1 Å². The molecule has 2 aliphatic rings. The minimum absolute atomic E-state index is 0.0993. The number of aliphatic imine (C=N–C) groups is 1. The van der Waals surface area contributed by atoms with E-state index in [9.17, 15) is 8.42 Å². The molecule has 30 heavy (non-hydrogen) atoms. The van der Waals surface area contributed by atoms with Gasteiger partial charge in [-0.3, -0.25) is 4.72 Å². The molecular weight excluding hydrogens is 398 g/mol. The number of sulfonamides is 1. The number of ether oxygens (including phenoxy) is 1. The molecule has 152 valence electrons. The fraction of sp³-hybridized carbons (Fsp3) is 0.174. The Hall–Kier alpha value is -3.32. The Morgan fingerprint density at radius 1 is 0.967 bits per heavy atom. The van der Waals surface area contributed by atoms with Crippen LogP contribution in [0.25, 0.3) is 0 Å². The van der Waals surface area contributed by atoms with Gasteiger partial charge < -0.3 is 10.1 Å². The van der Waals surface area contributed by atoms with E-state index in [0.29, 0.717) is 18.3 Å². The number of nitrogens with zero attached hydrogens (tertiary/aromatic N) is 1. The summed E-state index contributed by atoms with van der Waals surface area (Å²) >= 11 is 0. The number of anilines is 2. The Morgan fingerprint density at radius 3 is 2.63 bits per heavy atom. The van der Waals surface area contributed by atoms with Crippen molar-refractivity contribution < 1.29 is 13.2 Å². The maximum atomic E-state index is 12.5. The molecule has 7 heteroatoms. The molecule has 3 aromatic carbocycles. The molecule has 1 heterocycles. The lowest BCUT2D eigenvalue weighted by molar-refractivity contribution is 0.282. The lowest BCUT2D eigenvalue weighted by Gasteiger charge is -2.22. The topological polar surface area (TPSA) is 79.8 Å². The van der Waals surface area contributed by atoms with E-state index >= 15 is 0 Å². The van der Waals surface area contributed by atoms with Crippen LogP contribution < -0.4 is 10.0 Å². The van der Waals surface area contributed by atoms with Crippen LogP contribution in [0.4, 0.5) is 11.4 Å². The summed E-state index contributed by atoms with van der Waals surface area (Å²) < 4.78 is 33.5. The zero-order valence-corrected chi connectivity index (χ0v) is 17.0. The van der Waals surface area contributed by atoms with Gasteiger partial charge in [0, 0.05) is 16.9 Å². The second-order valence-electron chi connectivity index (χ2n) is 7.39. The van der Waals surface area contributed by atoms with Crippen molar-refractivity contribution in [3.8, 4) is 0 Å². The minimum Gasteiger partial charge on any atom is -0.460 e. The lowest BCUT2D eigenvalue weighted by Crippen LogP contribution is -2.23. The van der Waals surface area contributed by atoms with E-state index in [2.05, 4.69) is 28.2 Å². The van der Waals surface area contributed by atoms with Crippen molar-refractivity contribution in [1.82, 2.24) is 0 Å². The predicted octanol–water partition coefficient (Wildman–Crippen LogP) is 4.47. The second kappa shape index (κ2) is 7.50. The molecule has 1 aliphatic carbocycles. The quantitative estimate of drug-likeness (QED) is 0.654. The average Bonchev–Trinajstić information content (AvgIpc) is 3.17. The molecule has 3 aromatic rings. The molecular formula is C23H21N3O3S. The molecule has 0 aromatic heterocycles. The van der Waals surface area contributed by atoms with Crippen LogP contribution in [0.15, 0.2) is 82.7 Å². The minimum atomic E-state index is -3.63. The summed E-state index contributed by atoms with van der Waals surface area (Å²) in [5, 5.41) is 3.23. The second-order valence-corrected chi connectivity index (χ2v) is 9.07. The van der Waals surface area contributed by atoms with Crippen LogP contribution in [-0.2, 0) is 27.8 Å². The van der Waals surface area contributed by atoms with Crippen molar-refractivity contribution in [2.45, 2.75) is 30.4 Å². The lowest BCUT2D eigenvalue weighted by atomic mass is 10.1. The van der Waals surface area contributed by atoms with Crippen LogP contribution in [0, 0.1) is 0 Å². The van der Waals surface area contributed by atoms with Gasteiger partial charge in [0.05, 0.1) is 10.9 Å². The SMILES string of the molecule is O=S(=O)(Nc1ccc2c(c1)COC(=NC1CCc3ccccc31)N2)c1ccccc1. The van der Waals surface area contributed by atoms with Crippen LogP contribution in [0.5, 0.6) is 0 Å². The number of hydrogen-bond donors (Lipinski definition) is 2. The number of rotatable bonds is 4. The van der Waals surface area contributed by atoms with Crippen LogP contribution in [0.3, 0.4) is 0 Å². The van der Waals surface area contributed by atoms with Crippen molar-refractivity contribution in [2.75, 3.05) is 10.0 Å². The summed E-state index contributed by atoms with van der Waals surface area (Å²) in [6.07, 6.45) is 2.00. The van der Waals surface area contributed by atoms with Crippen molar-refractivity contribution in [2.24, 2.45) is 4.99 Å². The van der Waals surface area contributed by atoms with Crippen molar-refractivity contribution in [1.29, 1.82) is 0 Å². The molecule has 0 saturated carbocycles. The monoisotopic (exact) mass is 419 g/mol. The molecule has 1 unspecified atom stereocenters. The number of nitrogens with one attached hydrogen (secondary N) is 2. The Labute approximate surface area is 175 Å². The van der Waals surface area contributed by atoms with E-state index in [0.717, 1.165) is 24.1 Å². The highest BCUT2D eigenvalue weighted by Crippen LogP contribution is 2.35. The summed E-state index contributed by atoms with van der Waals surface area (Å²) in [5.41, 5.74) is 4.83. The zero-order chi connectivity index (χ0) is 20.6. The first-order chi connectivity index (χ1) is 14.6. The fourth-order valence-corrected chi connectivity index (χ4v) is 4.96. The molecule has 1 atom stereocenters. The van der Waals surface area contributed by atoms with Crippen molar-refractivity contribution in [3.05, 3.63) is 89.5 Å². The molecule has 6 nitrogen and oxygen atoms in total. The maximum absolute atomic E-state index is 12.5. The molecule has 2 N–H and O–H groups in total. The van der Waals surface area contributed by atoms with Gasteiger partial charge in [-0.25, -0.2) is 13.4 Å². The Morgan fingerprint density at radius 2 is 1.77 bits per heavy atom. The third-order valence-corrected chi connectivity index (χ3v) is 6.79. The van der Waals surface area contributed by atoms with E-state index in [-0.39, 0.29) is 10.9 Å². The predicted molar refractivity (Wildman–Crippen MR) is 117 cm³/mol. The smallest absolute Gasteiger partial charge is 0.290 e. The molecule has 1 aliphatic heterocycles. The summed E-state index contributed by atoms with van der Waals surface area (Å²) in [6, 6.07) is 22.6. The third kappa shape index (κ3) is 3.64. The van der Waals surface area contributed by atoms with Gasteiger partial charge in [-0.05, 0) is 54.3 Å². The fourth-order valence-electron chi connectivity index (χ4n) is 3.89. The summed E-state index contributed by atoms with van der Waals surface area (Å²) in [5.74, 6) is 0.